The zero-order valence-electron chi connectivity index (χ0n) is 5.39. The lowest BCUT2D eigenvalue weighted by atomic mass is 10.2. The molecule has 0 radical (unpaired) electrons. The van der Waals surface area contributed by atoms with Gasteiger partial charge in [-0.15, -0.1) is 12.3 Å². The molecule has 0 saturated carbocycles. The predicted octanol–water partition coefficient (Wildman–Crippen LogP) is 0.665. The number of carbonyl (C=O) groups excluding carboxylic acids is 1. The summed E-state index contributed by atoms with van der Waals surface area (Å²) in [5, 5.41) is 0. The summed E-state index contributed by atoms with van der Waals surface area (Å²) >= 11 is 0. The number of terminal acetylenes is 1. The lowest BCUT2D eigenvalue weighted by Gasteiger charge is -1.90. The fourth-order valence-corrected chi connectivity index (χ4v) is 0.526. The van der Waals surface area contributed by atoms with Crippen molar-refractivity contribution in [2.24, 2.45) is 5.73 Å². The van der Waals surface area contributed by atoms with Gasteiger partial charge in [0.1, 0.15) is 0 Å². The molecule has 0 saturated heterocycles. The number of amides is 1. The molecular weight excluding hydrogens is 114 g/mol. The summed E-state index contributed by atoms with van der Waals surface area (Å²) in [6.45, 7) is 0. The molecule has 0 aliphatic carbocycles. The molecule has 0 spiro atoms. The highest BCUT2D eigenvalue weighted by Crippen LogP contribution is 1.96. The van der Waals surface area contributed by atoms with E-state index in [1.807, 2.05) is 0 Å². The number of hydrogen-bond acceptors (Lipinski definition) is 1. The Morgan fingerprint density at radius 1 is 1.56 bits per heavy atom. The van der Waals surface area contributed by atoms with Crippen LogP contribution in [0.25, 0.3) is 0 Å². The normalized spacial score (nSPS) is 8.33. The summed E-state index contributed by atoms with van der Waals surface area (Å²) in [7, 11) is 0. The van der Waals surface area contributed by atoms with Gasteiger partial charge >= 0.3 is 0 Å². The number of hydrogen-bond donors (Lipinski definition) is 1. The van der Waals surface area contributed by atoms with Gasteiger partial charge in [0.2, 0.25) is 5.91 Å². The van der Waals surface area contributed by atoms with Crippen LogP contribution in [0.1, 0.15) is 25.7 Å². The van der Waals surface area contributed by atoms with Crippen LogP contribution in [-0.4, -0.2) is 5.91 Å². The van der Waals surface area contributed by atoms with Crippen molar-refractivity contribution in [3.8, 4) is 12.3 Å². The van der Waals surface area contributed by atoms with Crippen LogP contribution in [0.2, 0.25) is 0 Å². The molecule has 0 aliphatic heterocycles. The minimum Gasteiger partial charge on any atom is -0.370 e. The van der Waals surface area contributed by atoms with Crippen molar-refractivity contribution in [2.45, 2.75) is 25.7 Å². The number of carbonyl (C=O) groups is 1. The molecule has 9 heavy (non-hydrogen) atoms. The van der Waals surface area contributed by atoms with Crippen LogP contribution in [0.5, 0.6) is 0 Å². The molecule has 0 aliphatic rings. The maximum atomic E-state index is 10.1. The standard InChI is InChI=1S/C7H11NO/c1-2-3-4-5-6-7(8)9/h1H,3-6H2,(H2,8,9). The predicted molar refractivity (Wildman–Crippen MR) is 36.5 cm³/mol. The van der Waals surface area contributed by atoms with E-state index in [-0.39, 0.29) is 5.91 Å². The van der Waals surface area contributed by atoms with Gasteiger partial charge in [0, 0.05) is 12.8 Å². The van der Waals surface area contributed by atoms with Crippen LogP contribution in [0.3, 0.4) is 0 Å². The molecule has 2 N–H and O–H groups in total. The number of nitrogens with two attached hydrogens (primary N) is 1. The highest BCUT2D eigenvalue weighted by molar-refractivity contribution is 5.73. The topological polar surface area (TPSA) is 43.1 Å². The Balaban J connectivity index is 2.94. The van der Waals surface area contributed by atoms with Gasteiger partial charge in [0.05, 0.1) is 0 Å². The third-order valence-corrected chi connectivity index (χ3v) is 0.994. The van der Waals surface area contributed by atoms with Crippen molar-refractivity contribution >= 4 is 5.91 Å². The van der Waals surface area contributed by atoms with Crippen LogP contribution in [0.4, 0.5) is 0 Å². The minimum absolute atomic E-state index is 0.243. The van der Waals surface area contributed by atoms with Crippen molar-refractivity contribution in [3.63, 3.8) is 0 Å². The first-order chi connectivity index (χ1) is 4.27. The van der Waals surface area contributed by atoms with Gasteiger partial charge in [0.15, 0.2) is 0 Å². The Hall–Kier alpha value is -0.970. The molecule has 2 heteroatoms. The van der Waals surface area contributed by atoms with Crippen molar-refractivity contribution < 1.29 is 4.79 Å². The minimum atomic E-state index is -0.243. The molecule has 0 unspecified atom stereocenters. The van der Waals surface area contributed by atoms with E-state index in [1.165, 1.54) is 0 Å². The van der Waals surface area contributed by atoms with E-state index in [2.05, 4.69) is 5.92 Å². The Morgan fingerprint density at radius 2 is 2.22 bits per heavy atom. The highest BCUT2D eigenvalue weighted by Gasteiger charge is 1.91. The average Bonchev–Trinajstić information content (AvgIpc) is 1.80. The average molecular weight is 125 g/mol. The molecule has 0 fully saturated rings. The number of rotatable bonds is 4. The van der Waals surface area contributed by atoms with Crippen molar-refractivity contribution in [2.75, 3.05) is 0 Å². The van der Waals surface area contributed by atoms with E-state index < -0.39 is 0 Å². The maximum absolute atomic E-state index is 10.1. The molecule has 0 atom stereocenters. The number of primary amides is 1. The van der Waals surface area contributed by atoms with Gasteiger partial charge in [-0.1, -0.05) is 0 Å². The monoisotopic (exact) mass is 125 g/mol. The lowest BCUT2D eigenvalue weighted by Crippen LogP contribution is -2.09. The van der Waals surface area contributed by atoms with Crippen LogP contribution in [0.15, 0.2) is 0 Å². The molecule has 0 aromatic carbocycles. The summed E-state index contributed by atoms with van der Waals surface area (Å²) in [6, 6.07) is 0. The molecule has 50 valence electrons. The maximum Gasteiger partial charge on any atom is 0.217 e. The first-order valence-corrected chi connectivity index (χ1v) is 2.99. The SMILES string of the molecule is C#CCCCCC(N)=O. The summed E-state index contributed by atoms with van der Waals surface area (Å²) in [5.74, 6) is 2.25. The zero-order chi connectivity index (χ0) is 7.11. The molecule has 1 amide bonds. The van der Waals surface area contributed by atoms with Crippen LogP contribution < -0.4 is 5.73 Å². The third kappa shape index (κ3) is 7.03. The van der Waals surface area contributed by atoms with E-state index in [0.717, 1.165) is 19.3 Å². The second-order valence-corrected chi connectivity index (χ2v) is 1.88. The van der Waals surface area contributed by atoms with E-state index in [1.54, 1.807) is 0 Å². The molecule has 2 nitrogen and oxygen atoms in total. The quantitative estimate of drug-likeness (QED) is 0.435. The Kier molecular flexibility index (Phi) is 4.61. The van der Waals surface area contributed by atoms with E-state index in [4.69, 9.17) is 12.2 Å². The first kappa shape index (κ1) is 8.03. The summed E-state index contributed by atoms with van der Waals surface area (Å²) < 4.78 is 0. The zero-order valence-corrected chi connectivity index (χ0v) is 5.39. The smallest absolute Gasteiger partial charge is 0.217 e. The summed E-state index contributed by atoms with van der Waals surface area (Å²) in [4.78, 5) is 10.1. The van der Waals surface area contributed by atoms with Gasteiger partial charge in [-0.3, -0.25) is 4.79 Å². The summed E-state index contributed by atoms with van der Waals surface area (Å²) in [5.41, 5.74) is 4.88. The van der Waals surface area contributed by atoms with Gasteiger partial charge in [0.25, 0.3) is 0 Å². The van der Waals surface area contributed by atoms with Gasteiger partial charge < -0.3 is 5.73 Å². The lowest BCUT2D eigenvalue weighted by molar-refractivity contribution is -0.118. The van der Waals surface area contributed by atoms with Crippen LogP contribution in [-0.2, 0) is 4.79 Å². The Morgan fingerprint density at radius 3 is 2.67 bits per heavy atom. The number of unbranched alkanes of at least 4 members (excludes halogenated alkanes) is 2. The third-order valence-electron chi connectivity index (χ3n) is 0.994. The summed E-state index contributed by atoms with van der Waals surface area (Å²) in [6.07, 6.45) is 7.90. The Bertz CT molecular complexity index is 123. The molecule has 0 aromatic rings. The molecular formula is C7H11NO. The van der Waals surface area contributed by atoms with Crippen LogP contribution in [0, 0.1) is 12.3 Å². The van der Waals surface area contributed by atoms with E-state index in [0.29, 0.717) is 6.42 Å². The molecule has 0 aromatic heterocycles. The molecule has 0 rings (SSSR count). The fourth-order valence-electron chi connectivity index (χ4n) is 0.526. The Labute approximate surface area is 55.4 Å². The molecule has 0 bridgehead atoms. The van der Waals surface area contributed by atoms with E-state index >= 15 is 0 Å². The van der Waals surface area contributed by atoms with E-state index in [9.17, 15) is 4.79 Å². The first-order valence-electron chi connectivity index (χ1n) is 2.99. The highest BCUT2D eigenvalue weighted by atomic mass is 16.1. The second-order valence-electron chi connectivity index (χ2n) is 1.88. The van der Waals surface area contributed by atoms with Gasteiger partial charge in [-0.2, -0.15) is 0 Å². The second kappa shape index (κ2) is 5.17. The van der Waals surface area contributed by atoms with Crippen molar-refractivity contribution in [3.05, 3.63) is 0 Å². The fraction of sp³-hybridized carbons (Fsp3) is 0.571. The largest absolute Gasteiger partial charge is 0.370 e. The van der Waals surface area contributed by atoms with Crippen molar-refractivity contribution in [1.29, 1.82) is 0 Å². The van der Waals surface area contributed by atoms with Crippen LogP contribution >= 0.6 is 0 Å². The van der Waals surface area contributed by atoms with Gasteiger partial charge in [-0.25, -0.2) is 0 Å². The van der Waals surface area contributed by atoms with Crippen molar-refractivity contribution in [1.82, 2.24) is 0 Å². The van der Waals surface area contributed by atoms with Gasteiger partial charge in [-0.05, 0) is 12.8 Å². The molecule has 0 heterocycles.